The molecule has 2 saturated heterocycles. The molecule has 3 aliphatic rings. The van der Waals surface area contributed by atoms with Crippen LogP contribution in [0.2, 0.25) is 0 Å². The molecule has 1 aromatic rings. The van der Waals surface area contributed by atoms with Crippen molar-refractivity contribution < 1.29 is 28.6 Å². The van der Waals surface area contributed by atoms with E-state index in [0.29, 0.717) is 18.0 Å². The van der Waals surface area contributed by atoms with Gasteiger partial charge in [0.25, 0.3) is 0 Å². The number of rotatable bonds is 5. The first-order chi connectivity index (χ1) is 12.5. The molecule has 2 fully saturated rings. The molecule has 4 atom stereocenters. The van der Waals surface area contributed by atoms with E-state index in [4.69, 9.17) is 14.2 Å². The number of ether oxygens (including phenoxy) is 3. The lowest BCUT2D eigenvalue weighted by atomic mass is 9.77. The summed E-state index contributed by atoms with van der Waals surface area (Å²) < 4.78 is 16.4. The lowest BCUT2D eigenvalue weighted by Crippen LogP contribution is -2.44. The first kappa shape index (κ1) is 16.8. The van der Waals surface area contributed by atoms with Crippen molar-refractivity contribution in [1.82, 2.24) is 0 Å². The van der Waals surface area contributed by atoms with Gasteiger partial charge in [0, 0.05) is 6.92 Å². The molecule has 0 N–H and O–H groups in total. The summed E-state index contributed by atoms with van der Waals surface area (Å²) in [6.45, 7) is 3.64. The highest BCUT2D eigenvalue weighted by Gasteiger charge is 2.68. The first-order valence-corrected chi connectivity index (χ1v) is 8.58. The number of hydrogen-bond donors (Lipinski definition) is 0. The van der Waals surface area contributed by atoms with Gasteiger partial charge in [-0.05, 0) is 37.3 Å². The molecule has 2 amide bonds. The van der Waals surface area contributed by atoms with Gasteiger partial charge in [0.2, 0.25) is 11.8 Å². The minimum absolute atomic E-state index is 0.0767. The molecule has 0 unspecified atom stereocenters. The van der Waals surface area contributed by atoms with Crippen molar-refractivity contribution in [3.8, 4) is 5.75 Å². The minimum Gasteiger partial charge on any atom is -0.494 e. The molecular formula is C19H19NO6. The summed E-state index contributed by atoms with van der Waals surface area (Å²) in [7, 11) is 0. The Hall–Kier alpha value is -2.67. The standard InChI is InChI=1S/C19H19NO6/c1-3-24-13-6-4-12(5-7-13)20-17(22)15-14-8-9-19(26-14,10-25-11(2)21)16(15)18(20)23/h4-9,14-16H,3,10H2,1-2H3/t14-,15-,16-,19+/m1/s1. The Morgan fingerprint density at radius 2 is 1.96 bits per heavy atom. The third-order valence-corrected chi connectivity index (χ3v) is 5.06. The van der Waals surface area contributed by atoms with E-state index >= 15 is 0 Å². The van der Waals surface area contributed by atoms with E-state index in [-0.39, 0.29) is 18.4 Å². The van der Waals surface area contributed by atoms with Crippen molar-refractivity contribution >= 4 is 23.5 Å². The molecule has 0 aliphatic carbocycles. The Morgan fingerprint density at radius 3 is 2.62 bits per heavy atom. The summed E-state index contributed by atoms with van der Waals surface area (Å²) in [5.41, 5.74) is -0.562. The van der Waals surface area contributed by atoms with Crippen LogP contribution < -0.4 is 9.64 Å². The van der Waals surface area contributed by atoms with E-state index in [1.165, 1.54) is 11.8 Å². The molecule has 136 valence electrons. The van der Waals surface area contributed by atoms with Gasteiger partial charge < -0.3 is 14.2 Å². The summed E-state index contributed by atoms with van der Waals surface area (Å²) in [4.78, 5) is 38.4. The predicted molar refractivity (Wildman–Crippen MR) is 90.5 cm³/mol. The number of imide groups is 1. The average molecular weight is 357 g/mol. The second-order valence-electron chi connectivity index (χ2n) is 6.62. The van der Waals surface area contributed by atoms with Crippen molar-refractivity contribution in [3.63, 3.8) is 0 Å². The maximum atomic E-state index is 13.1. The number of anilines is 1. The zero-order chi connectivity index (χ0) is 18.5. The van der Waals surface area contributed by atoms with E-state index in [1.807, 2.05) is 6.92 Å². The maximum Gasteiger partial charge on any atom is 0.302 e. The Kier molecular flexibility index (Phi) is 3.84. The molecule has 7 nitrogen and oxygen atoms in total. The van der Waals surface area contributed by atoms with Crippen LogP contribution in [0.5, 0.6) is 5.75 Å². The van der Waals surface area contributed by atoms with Crippen LogP contribution in [0.25, 0.3) is 0 Å². The SMILES string of the molecule is CCOc1ccc(N2C(=O)[C@@H]3[C@H]4C=C[C@@](COC(C)=O)(O4)[C@H]3C2=O)cc1. The lowest BCUT2D eigenvalue weighted by Gasteiger charge is -2.28. The average Bonchev–Trinajstić information content (AvgIpc) is 3.25. The quantitative estimate of drug-likeness (QED) is 0.451. The van der Waals surface area contributed by atoms with Crippen molar-refractivity contribution in [2.24, 2.45) is 11.8 Å². The van der Waals surface area contributed by atoms with E-state index in [0.717, 1.165) is 0 Å². The fourth-order valence-corrected chi connectivity index (χ4v) is 3.99. The summed E-state index contributed by atoms with van der Waals surface area (Å²) in [6.07, 6.45) is 3.05. The zero-order valence-electron chi connectivity index (χ0n) is 14.5. The van der Waals surface area contributed by atoms with Crippen LogP contribution in [-0.2, 0) is 23.9 Å². The highest BCUT2D eigenvalue weighted by Crippen LogP contribution is 2.52. The summed E-state index contributed by atoms with van der Waals surface area (Å²) in [5.74, 6) is -1.67. The number of esters is 1. The monoisotopic (exact) mass is 357 g/mol. The first-order valence-electron chi connectivity index (χ1n) is 8.58. The fraction of sp³-hybridized carbons (Fsp3) is 0.421. The smallest absolute Gasteiger partial charge is 0.302 e. The highest BCUT2D eigenvalue weighted by molar-refractivity contribution is 6.23. The van der Waals surface area contributed by atoms with Gasteiger partial charge in [-0.25, -0.2) is 4.90 Å². The second-order valence-corrected chi connectivity index (χ2v) is 6.62. The number of hydrogen-bond acceptors (Lipinski definition) is 6. The topological polar surface area (TPSA) is 82.1 Å². The number of nitrogens with zero attached hydrogens (tertiary/aromatic N) is 1. The highest BCUT2D eigenvalue weighted by atomic mass is 16.6. The van der Waals surface area contributed by atoms with Gasteiger partial charge >= 0.3 is 5.97 Å². The van der Waals surface area contributed by atoms with Crippen LogP contribution in [0.1, 0.15) is 13.8 Å². The van der Waals surface area contributed by atoms with Crippen LogP contribution in [0, 0.1) is 11.8 Å². The molecule has 0 saturated carbocycles. The molecule has 2 bridgehead atoms. The van der Waals surface area contributed by atoms with E-state index in [2.05, 4.69) is 0 Å². The van der Waals surface area contributed by atoms with Gasteiger partial charge in [0.1, 0.15) is 18.0 Å². The summed E-state index contributed by atoms with van der Waals surface area (Å²) >= 11 is 0. The molecule has 3 heterocycles. The lowest BCUT2D eigenvalue weighted by molar-refractivity contribution is -0.150. The van der Waals surface area contributed by atoms with Gasteiger partial charge in [-0.1, -0.05) is 6.08 Å². The zero-order valence-corrected chi connectivity index (χ0v) is 14.5. The molecule has 0 aromatic heterocycles. The van der Waals surface area contributed by atoms with E-state index < -0.39 is 29.5 Å². The molecular weight excluding hydrogens is 338 g/mol. The van der Waals surface area contributed by atoms with Gasteiger partial charge in [0.15, 0.2) is 0 Å². The Balaban J connectivity index is 1.63. The summed E-state index contributed by atoms with van der Waals surface area (Å²) in [5, 5.41) is 0. The Morgan fingerprint density at radius 1 is 1.23 bits per heavy atom. The van der Waals surface area contributed by atoms with Crippen LogP contribution in [0.4, 0.5) is 5.69 Å². The summed E-state index contributed by atoms with van der Waals surface area (Å²) in [6, 6.07) is 6.84. The van der Waals surface area contributed by atoms with Gasteiger partial charge in [-0.3, -0.25) is 14.4 Å². The molecule has 7 heteroatoms. The van der Waals surface area contributed by atoms with Crippen molar-refractivity contribution in [1.29, 1.82) is 0 Å². The molecule has 1 aromatic carbocycles. The third-order valence-electron chi connectivity index (χ3n) is 5.06. The van der Waals surface area contributed by atoms with Crippen molar-refractivity contribution in [2.75, 3.05) is 18.1 Å². The van der Waals surface area contributed by atoms with Crippen LogP contribution in [-0.4, -0.2) is 42.7 Å². The molecule has 0 spiro atoms. The van der Waals surface area contributed by atoms with Crippen LogP contribution in [0.15, 0.2) is 36.4 Å². The van der Waals surface area contributed by atoms with Crippen molar-refractivity contribution in [2.45, 2.75) is 25.6 Å². The van der Waals surface area contributed by atoms with E-state index in [1.54, 1.807) is 36.4 Å². The van der Waals surface area contributed by atoms with Gasteiger partial charge in [-0.15, -0.1) is 0 Å². The van der Waals surface area contributed by atoms with E-state index in [9.17, 15) is 14.4 Å². The third kappa shape index (κ3) is 2.34. The number of fused-ring (bicyclic) bond motifs is 5. The second kappa shape index (κ2) is 5.95. The number of carbonyl (C=O) groups excluding carboxylic acids is 3. The Bertz CT molecular complexity index is 801. The predicted octanol–water partition coefficient (Wildman–Crippen LogP) is 1.46. The Labute approximate surface area is 150 Å². The van der Waals surface area contributed by atoms with Crippen LogP contribution in [0.3, 0.4) is 0 Å². The maximum absolute atomic E-state index is 13.1. The number of amides is 2. The number of benzene rings is 1. The van der Waals surface area contributed by atoms with Gasteiger partial charge in [0.05, 0.1) is 30.2 Å². The van der Waals surface area contributed by atoms with Gasteiger partial charge in [-0.2, -0.15) is 0 Å². The van der Waals surface area contributed by atoms with Crippen LogP contribution >= 0.6 is 0 Å². The van der Waals surface area contributed by atoms with Crippen molar-refractivity contribution in [3.05, 3.63) is 36.4 Å². The number of carbonyl (C=O) groups is 3. The molecule has 4 rings (SSSR count). The molecule has 0 radical (unpaired) electrons. The molecule has 3 aliphatic heterocycles. The fourth-order valence-electron chi connectivity index (χ4n) is 3.99. The minimum atomic E-state index is -1.06. The normalized spacial score (nSPS) is 31.5. The molecule has 26 heavy (non-hydrogen) atoms. The largest absolute Gasteiger partial charge is 0.494 e.